The molecule has 1 unspecified atom stereocenters. The summed E-state index contributed by atoms with van der Waals surface area (Å²) in [5.41, 5.74) is 0.990. The molecule has 1 saturated heterocycles. The van der Waals surface area contributed by atoms with E-state index in [0.717, 1.165) is 37.1 Å². The molecule has 1 fully saturated rings. The van der Waals surface area contributed by atoms with Crippen LogP contribution in [0.3, 0.4) is 0 Å². The molecule has 3 nitrogen and oxygen atoms in total. The Morgan fingerprint density at radius 1 is 1.35 bits per heavy atom. The molecular formula is C14H21NO2. The minimum Gasteiger partial charge on any atom is -0.472 e. The van der Waals surface area contributed by atoms with Crippen molar-refractivity contribution in [3.63, 3.8) is 0 Å². The minimum absolute atomic E-state index is 0.213. The summed E-state index contributed by atoms with van der Waals surface area (Å²) < 4.78 is 5.77. The van der Waals surface area contributed by atoms with E-state index in [1.807, 2.05) is 17.9 Å². The number of hydrogen-bond acceptors (Lipinski definition) is 2. The van der Waals surface area contributed by atoms with Crippen LogP contribution in [0.25, 0.3) is 0 Å². The maximum absolute atomic E-state index is 12.1. The van der Waals surface area contributed by atoms with Gasteiger partial charge < -0.3 is 9.64 Å². The molecule has 0 N–H and O–H groups in total. The van der Waals surface area contributed by atoms with E-state index in [-0.39, 0.29) is 12.1 Å². The Hall–Kier alpha value is -1.25. The Kier molecular flexibility index (Phi) is 3.87. The number of rotatable bonds is 1. The summed E-state index contributed by atoms with van der Waals surface area (Å²) in [4.78, 5) is 14.0. The monoisotopic (exact) mass is 235 g/mol. The van der Waals surface area contributed by atoms with Crippen molar-refractivity contribution in [2.24, 2.45) is 0 Å². The predicted octanol–water partition coefficient (Wildman–Crippen LogP) is 2.99. The largest absolute Gasteiger partial charge is 0.472 e. The summed E-state index contributed by atoms with van der Waals surface area (Å²) >= 11 is 0. The molecule has 0 aliphatic carbocycles. The van der Waals surface area contributed by atoms with Gasteiger partial charge in [-0.1, -0.05) is 19.4 Å². The van der Waals surface area contributed by atoms with Crippen LogP contribution in [0, 0.1) is 0 Å². The number of likely N-dealkylation sites (tertiary alicyclic amines) is 1. The number of ether oxygens (including phenoxy) is 1. The van der Waals surface area contributed by atoms with Crippen LogP contribution in [0.4, 0.5) is 0 Å². The lowest BCUT2D eigenvalue weighted by atomic mass is 10.0. The van der Waals surface area contributed by atoms with E-state index in [2.05, 4.69) is 6.58 Å². The van der Waals surface area contributed by atoms with Crippen molar-refractivity contribution in [1.29, 1.82) is 0 Å². The molecular weight excluding hydrogens is 214 g/mol. The van der Waals surface area contributed by atoms with Gasteiger partial charge in [-0.2, -0.15) is 0 Å². The number of amides is 1. The van der Waals surface area contributed by atoms with E-state index >= 15 is 0 Å². The Balaban J connectivity index is 2.10. The van der Waals surface area contributed by atoms with Gasteiger partial charge in [-0.3, -0.25) is 4.79 Å². The first kappa shape index (κ1) is 12.2. The lowest BCUT2D eigenvalue weighted by Gasteiger charge is -2.36. The van der Waals surface area contributed by atoms with Crippen molar-refractivity contribution in [3.05, 3.63) is 24.0 Å². The van der Waals surface area contributed by atoms with Crippen molar-refractivity contribution in [3.8, 4) is 0 Å². The smallest absolute Gasteiger partial charge is 0.225 e. The summed E-state index contributed by atoms with van der Waals surface area (Å²) in [7, 11) is 0. The second-order valence-corrected chi connectivity index (χ2v) is 4.90. The highest BCUT2D eigenvalue weighted by Gasteiger charge is 2.29. The molecule has 0 aromatic heterocycles. The molecule has 1 amide bonds. The molecule has 0 aromatic carbocycles. The summed E-state index contributed by atoms with van der Waals surface area (Å²) in [6, 6.07) is 0. The van der Waals surface area contributed by atoms with Gasteiger partial charge in [0.1, 0.15) is 0 Å². The molecule has 0 aromatic rings. The van der Waals surface area contributed by atoms with E-state index < -0.39 is 0 Å². The number of carbonyl (C=O) groups is 1. The van der Waals surface area contributed by atoms with E-state index in [0.29, 0.717) is 6.42 Å². The van der Waals surface area contributed by atoms with Crippen LogP contribution in [0.2, 0.25) is 0 Å². The average molecular weight is 235 g/mol. The topological polar surface area (TPSA) is 29.5 Å². The lowest BCUT2D eigenvalue weighted by molar-refractivity contribution is -0.141. The summed E-state index contributed by atoms with van der Waals surface area (Å²) in [5.74, 6) is 1.11. The zero-order valence-corrected chi connectivity index (χ0v) is 10.6. The zero-order valence-electron chi connectivity index (χ0n) is 10.6. The Labute approximate surface area is 103 Å². The van der Waals surface area contributed by atoms with Gasteiger partial charge in [-0.05, 0) is 37.8 Å². The highest BCUT2D eigenvalue weighted by Crippen LogP contribution is 2.26. The van der Waals surface area contributed by atoms with E-state index in [4.69, 9.17) is 4.74 Å². The second-order valence-electron chi connectivity index (χ2n) is 4.90. The van der Waals surface area contributed by atoms with Crippen molar-refractivity contribution in [1.82, 2.24) is 4.90 Å². The fourth-order valence-electron chi connectivity index (χ4n) is 2.40. The van der Waals surface area contributed by atoms with Gasteiger partial charge >= 0.3 is 0 Å². The first-order chi connectivity index (χ1) is 8.18. The minimum atomic E-state index is -0.231. The number of hydrogen-bond donors (Lipinski definition) is 0. The van der Waals surface area contributed by atoms with Gasteiger partial charge in [0.2, 0.25) is 5.91 Å². The number of nitrogens with zero attached hydrogens (tertiary/aromatic N) is 1. The van der Waals surface area contributed by atoms with Gasteiger partial charge in [0, 0.05) is 13.0 Å². The number of carbonyl (C=O) groups excluding carboxylic acids is 1. The third-order valence-electron chi connectivity index (χ3n) is 3.44. The predicted molar refractivity (Wildman–Crippen MR) is 67.2 cm³/mol. The van der Waals surface area contributed by atoms with Crippen LogP contribution in [-0.2, 0) is 9.53 Å². The molecule has 94 valence electrons. The standard InChI is InChI=1S/C14H21NO2/c1-11-8-9-12(2)17-14(11)15-10-6-4-3-5-7-13(15)16/h9,14H,1,3-8,10H2,2H3. The van der Waals surface area contributed by atoms with Gasteiger partial charge in [0.25, 0.3) is 0 Å². The van der Waals surface area contributed by atoms with Gasteiger partial charge in [-0.25, -0.2) is 0 Å². The highest BCUT2D eigenvalue weighted by atomic mass is 16.5. The molecule has 2 aliphatic heterocycles. The van der Waals surface area contributed by atoms with Crippen molar-refractivity contribution in [2.75, 3.05) is 6.54 Å². The van der Waals surface area contributed by atoms with Gasteiger partial charge in [0.15, 0.2) is 6.23 Å². The van der Waals surface area contributed by atoms with Crippen LogP contribution in [-0.4, -0.2) is 23.6 Å². The highest BCUT2D eigenvalue weighted by molar-refractivity contribution is 5.76. The van der Waals surface area contributed by atoms with Gasteiger partial charge in [-0.15, -0.1) is 0 Å². The first-order valence-electron chi connectivity index (χ1n) is 6.49. The third-order valence-corrected chi connectivity index (χ3v) is 3.44. The summed E-state index contributed by atoms with van der Waals surface area (Å²) in [6.45, 7) is 6.77. The quantitative estimate of drug-likeness (QED) is 0.654. The molecule has 2 heterocycles. The maximum atomic E-state index is 12.1. The molecule has 0 spiro atoms. The van der Waals surface area contributed by atoms with E-state index in [1.54, 1.807) is 0 Å². The molecule has 3 heteroatoms. The Morgan fingerprint density at radius 2 is 2.12 bits per heavy atom. The van der Waals surface area contributed by atoms with Crippen LogP contribution in [0.5, 0.6) is 0 Å². The Bertz CT molecular complexity index is 346. The summed E-state index contributed by atoms with van der Waals surface area (Å²) in [6.07, 6.45) is 7.71. The second kappa shape index (κ2) is 5.39. The zero-order chi connectivity index (χ0) is 12.3. The van der Waals surface area contributed by atoms with Crippen molar-refractivity contribution >= 4 is 5.91 Å². The van der Waals surface area contributed by atoms with Crippen molar-refractivity contribution in [2.45, 2.75) is 51.7 Å². The van der Waals surface area contributed by atoms with Crippen LogP contribution >= 0.6 is 0 Å². The van der Waals surface area contributed by atoms with E-state index in [1.165, 1.54) is 12.8 Å². The fourth-order valence-corrected chi connectivity index (χ4v) is 2.40. The number of allylic oxidation sites excluding steroid dienone is 2. The van der Waals surface area contributed by atoms with Crippen LogP contribution < -0.4 is 0 Å². The molecule has 0 radical (unpaired) electrons. The van der Waals surface area contributed by atoms with Crippen LogP contribution in [0.15, 0.2) is 24.0 Å². The fraction of sp³-hybridized carbons (Fsp3) is 0.643. The molecule has 2 aliphatic rings. The lowest BCUT2D eigenvalue weighted by Crippen LogP contribution is -2.44. The van der Waals surface area contributed by atoms with Crippen molar-refractivity contribution < 1.29 is 9.53 Å². The average Bonchev–Trinajstić information content (AvgIpc) is 2.28. The van der Waals surface area contributed by atoms with Gasteiger partial charge in [0.05, 0.1) is 5.76 Å². The molecule has 2 rings (SSSR count). The molecule has 0 bridgehead atoms. The summed E-state index contributed by atoms with van der Waals surface area (Å²) in [5, 5.41) is 0. The third kappa shape index (κ3) is 2.90. The van der Waals surface area contributed by atoms with E-state index in [9.17, 15) is 4.79 Å². The molecule has 17 heavy (non-hydrogen) atoms. The molecule has 0 saturated carbocycles. The Morgan fingerprint density at radius 3 is 2.94 bits per heavy atom. The first-order valence-corrected chi connectivity index (χ1v) is 6.49. The SMILES string of the molecule is C=C1CC=C(C)OC1N1CCCCCCC1=O. The molecule has 1 atom stereocenters. The maximum Gasteiger partial charge on any atom is 0.225 e. The normalized spacial score (nSPS) is 27.0. The van der Waals surface area contributed by atoms with Crippen LogP contribution in [0.1, 0.15) is 45.4 Å².